The Balaban J connectivity index is 1.37. The van der Waals surface area contributed by atoms with Gasteiger partial charge in [-0.2, -0.15) is 0 Å². The number of halogens is 1. The largest absolute Gasteiger partial charge is 0.423 e. The molecule has 178 valence electrons. The summed E-state index contributed by atoms with van der Waals surface area (Å²) in [4.78, 5) is 39.0. The third kappa shape index (κ3) is 5.78. The Morgan fingerprint density at radius 3 is 2.17 bits per heavy atom. The molecule has 0 unspecified atom stereocenters. The smallest absolute Gasteiger partial charge is 0.343 e. The number of hydrogen-bond donors (Lipinski definition) is 1. The average Bonchev–Trinajstić information content (AvgIpc) is 3.08. The number of carbonyl (C=O) groups is 3. The summed E-state index contributed by atoms with van der Waals surface area (Å²) in [6.07, 6.45) is 2.56. The van der Waals surface area contributed by atoms with Gasteiger partial charge in [-0.05, 0) is 60.4 Å². The third-order valence-electron chi connectivity index (χ3n) is 5.64. The minimum absolute atomic E-state index is 0.0206. The molecule has 35 heavy (non-hydrogen) atoms. The zero-order valence-corrected chi connectivity index (χ0v) is 20.0. The van der Waals surface area contributed by atoms with Gasteiger partial charge in [0.25, 0.3) is 11.8 Å². The summed E-state index contributed by atoms with van der Waals surface area (Å²) in [5.41, 5.74) is 3.10. The van der Waals surface area contributed by atoms with Crippen molar-refractivity contribution >= 4 is 35.1 Å². The highest BCUT2D eigenvalue weighted by Gasteiger charge is 2.37. The number of anilines is 1. The van der Waals surface area contributed by atoms with Gasteiger partial charge in [-0.25, -0.2) is 4.79 Å². The van der Waals surface area contributed by atoms with Crippen molar-refractivity contribution < 1.29 is 19.1 Å². The molecule has 1 heterocycles. The molecule has 1 N–H and O–H groups in total. The Bertz CT molecular complexity index is 1250. The third-order valence-corrected chi connectivity index (χ3v) is 5.99. The Hall–Kier alpha value is -3.90. The van der Waals surface area contributed by atoms with E-state index in [4.69, 9.17) is 16.3 Å². The molecular weight excluding hydrogens is 464 g/mol. The first kappa shape index (κ1) is 24.2. The lowest BCUT2D eigenvalue weighted by atomic mass is 10.1. The van der Waals surface area contributed by atoms with Crippen LogP contribution in [0, 0.1) is 0 Å². The van der Waals surface area contributed by atoms with Crippen LogP contribution in [0.15, 0.2) is 89.6 Å². The van der Waals surface area contributed by atoms with Crippen molar-refractivity contribution in [3.8, 4) is 5.75 Å². The number of imide groups is 1. The second-order valence-electron chi connectivity index (χ2n) is 8.17. The van der Waals surface area contributed by atoms with Gasteiger partial charge in [0.05, 0.1) is 5.56 Å². The molecule has 3 aromatic carbocycles. The number of nitrogens with one attached hydrogen (secondary N) is 1. The van der Waals surface area contributed by atoms with Gasteiger partial charge in [0.2, 0.25) is 0 Å². The van der Waals surface area contributed by atoms with Crippen LogP contribution in [-0.4, -0.2) is 29.2 Å². The van der Waals surface area contributed by atoms with Crippen molar-refractivity contribution in [3.05, 3.63) is 106 Å². The van der Waals surface area contributed by atoms with Crippen molar-refractivity contribution in [2.45, 2.75) is 26.2 Å². The number of hydrogen-bond acceptors (Lipinski definition) is 5. The fourth-order valence-electron chi connectivity index (χ4n) is 3.76. The molecule has 0 bridgehead atoms. The summed E-state index contributed by atoms with van der Waals surface area (Å²) >= 11 is 6.18. The number of ether oxygens (including phenoxy) is 1. The molecule has 3 aromatic rings. The van der Waals surface area contributed by atoms with Crippen molar-refractivity contribution in [1.82, 2.24) is 4.90 Å². The van der Waals surface area contributed by atoms with E-state index >= 15 is 0 Å². The van der Waals surface area contributed by atoms with Crippen molar-refractivity contribution in [2.24, 2.45) is 0 Å². The Kier molecular flexibility index (Phi) is 7.63. The van der Waals surface area contributed by atoms with Crippen molar-refractivity contribution in [2.75, 3.05) is 11.9 Å². The standard InChI is InChI=1S/C28H25ClN2O4/c1-2-6-19-9-15-23(16-10-19)35-28(34)21-11-13-22(14-12-21)30-25-24(29)26(32)31(27(25)33)18-17-20-7-4-3-5-8-20/h3-5,7-16,30H,2,6,17-18H2,1H3. The molecule has 2 amide bonds. The second kappa shape index (κ2) is 11.0. The predicted molar refractivity (Wildman–Crippen MR) is 135 cm³/mol. The highest BCUT2D eigenvalue weighted by molar-refractivity contribution is 6.48. The van der Waals surface area contributed by atoms with Gasteiger partial charge in [0.1, 0.15) is 16.5 Å². The number of carbonyl (C=O) groups excluding carboxylic acids is 3. The molecule has 6 nitrogen and oxygen atoms in total. The van der Waals surface area contributed by atoms with Gasteiger partial charge < -0.3 is 10.1 Å². The Morgan fingerprint density at radius 2 is 1.51 bits per heavy atom. The van der Waals surface area contributed by atoms with Crippen LogP contribution in [0.2, 0.25) is 0 Å². The number of nitrogens with zero attached hydrogens (tertiary/aromatic N) is 1. The maximum absolute atomic E-state index is 12.8. The minimum atomic E-state index is -0.528. The van der Waals surface area contributed by atoms with E-state index in [0.717, 1.165) is 23.3 Å². The maximum Gasteiger partial charge on any atom is 0.343 e. The number of rotatable bonds is 9. The number of benzene rings is 3. The van der Waals surface area contributed by atoms with E-state index in [0.29, 0.717) is 23.4 Å². The monoisotopic (exact) mass is 488 g/mol. The summed E-state index contributed by atoms with van der Waals surface area (Å²) in [6.45, 7) is 2.34. The molecule has 0 saturated carbocycles. The van der Waals surface area contributed by atoms with E-state index in [1.165, 1.54) is 5.56 Å². The molecule has 1 aliphatic heterocycles. The normalized spacial score (nSPS) is 13.4. The molecule has 1 aliphatic rings. The van der Waals surface area contributed by atoms with Crippen molar-refractivity contribution in [1.29, 1.82) is 0 Å². The van der Waals surface area contributed by atoms with Crippen LogP contribution in [0.1, 0.15) is 34.8 Å². The summed E-state index contributed by atoms with van der Waals surface area (Å²) < 4.78 is 5.44. The minimum Gasteiger partial charge on any atom is -0.423 e. The van der Waals surface area contributed by atoms with Gasteiger partial charge >= 0.3 is 5.97 Å². The zero-order valence-electron chi connectivity index (χ0n) is 19.3. The predicted octanol–water partition coefficient (Wildman–Crippen LogP) is 5.33. The van der Waals surface area contributed by atoms with Crippen LogP contribution in [0.5, 0.6) is 5.75 Å². The van der Waals surface area contributed by atoms with Gasteiger partial charge in [0, 0.05) is 12.2 Å². The average molecular weight is 489 g/mol. The number of amides is 2. The van der Waals surface area contributed by atoms with E-state index in [9.17, 15) is 14.4 Å². The first-order valence-electron chi connectivity index (χ1n) is 11.4. The number of aryl methyl sites for hydroxylation is 1. The second-order valence-corrected chi connectivity index (χ2v) is 8.55. The molecule has 0 aromatic heterocycles. The Morgan fingerprint density at radius 1 is 0.857 bits per heavy atom. The van der Waals surface area contributed by atoms with E-state index < -0.39 is 17.8 Å². The zero-order chi connectivity index (χ0) is 24.8. The fourth-order valence-corrected chi connectivity index (χ4v) is 3.99. The molecule has 0 aliphatic carbocycles. The van der Waals surface area contributed by atoms with E-state index in [2.05, 4.69) is 12.2 Å². The fraction of sp³-hybridized carbons (Fsp3) is 0.179. The molecule has 0 atom stereocenters. The molecule has 4 rings (SSSR count). The van der Waals surface area contributed by atoms with Crippen LogP contribution in [0.25, 0.3) is 0 Å². The first-order chi connectivity index (χ1) is 17.0. The summed E-state index contributed by atoms with van der Waals surface area (Å²) in [5, 5.41) is 2.76. The van der Waals surface area contributed by atoms with Gasteiger partial charge in [-0.15, -0.1) is 0 Å². The molecule has 0 saturated heterocycles. The molecule has 0 spiro atoms. The van der Waals surface area contributed by atoms with Crippen LogP contribution >= 0.6 is 11.6 Å². The van der Waals surface area contributed by atoms with Gasteiger partial charge in [0.15, 0.2) is 0 Å². The highest BCUT2D eigenvalue weighted by Crippen LogP contribution is 2.26. The summed E-state index contributed by atoms with van der Waals surface area (Å²) in [6, 6.07) is 23.5. The topological polar surface area (TPSA) is 75.7 Å². The van der Waals surface area contributed by atoms with Gasteiger partial charge in [-0.3, -0.25) is 14.5 Å². The van der Waals surface area contributed by atoms with Crippen LogP contribution in [0.4, 0.5) is 5.69 Å². The van der Waals surface area contributed by atoms with Crippen LogP contribution in [0.3, 0.4) is 0 Å². The molecule has 0 fully saturated rings. The maximum atomic E-state index is 12.8. The Labute approximate surface area is 209 Å². The summed E-state index contributed by atoms with van der Waals surface area (Å²) in [7, 11) is 0. The van der Waals surface area contributed by atoms with Gasteiger partial charge in [-0.1, -0.05) is 67.4 Å². The van der Waals surface area contributed by atoms with E-state index in [-0.39, 0.29) is 17.3 Å². The first-order valence-corrected chi connectivity index (χ1v) is 11.8. The lowest BCUT2D eigenvalue weighted by Crippen LogP contribution is -2.34. The van der Waals surface area contributed by atoms with Crippen LogP contribution in [-0.2, 0) is 22.4 Å². The lowest BCUT2D eigenvalue weighted by Gasteiger charge is -2.15. The quantitative estimate of drug-likeness (QED) is 0.250. The number of esters is 1. The SMILES string of the molecule is CCCc1ccc(OC(=O)c2ccc(NC3=C(Cl)C(=O)N(CCc4ccccc4)C3=O)cc2)cc1. The van der Waals surface area contributed by atoms with E-state index in [1.807, 2.05) is 42.5 Å². The van der Waals surface area contributed by atoms with Crippen molar-refractivity contribution in [3.63, 3.8) is 0 Å². The summed E-state index contributed by atoms with van der Waals surface area (Å²) in [5.74, 6) is -1.03. The molecular formula is C28H25ClN2O4. The van der Waals surface area contributed by atoms with Crippen LogP contribution < -0.4 is 10.1 Å². The van der Waals surface area contributed by atoms with E-state index in [1.54, 1.807) is 36.4 Å². The highest BCUT2D eigenvalue weighted by atomic mass is 35.5. The molecule has 0 radical (unpaired) electrons. The lowest BCUT2D eigenvalue weighted by molar-refractivity contribution is -0.137. The molecule has 7 heteroatoms.